The van der Waals surface area contributed by atoms with Crippen LogP contribution in [0, 0.1) is 0 Å². The predicted octanol–water partition coefficient (Wildman–Crippen LogP) is -1.58. The first-order valence-corrected chi connectivity index (χ1v) is 6.53. The Labute approximate surface area is 127 Å². The zero-order valence-electron chi connectivity index (χ0n) is 12.3. The highest BCUT2D eigenvalue weighted by Crippen LogP contribution is 2.27. The zero-order chi connectivity index (χ0) is 17.2. The van der Waals surface area contributed by atoms with Crippen LogP contribution in [0.25, 0.3) is 0 Å². The van der Waals surface area contributed by atoms with E-state index >= 15 is 0 Å². The second-order valence-electron chi connectivity index (χ2n) is 5.26. The molecule has 0 amide bonds. The Morgan fingerprint density at radius 2 is 1.00 bits per heavy atom. The molecule has 1 rings (SSSR count). The van der Waals surface area contributed by atoms with E-state index in [-0.39, 0.29) is 11.1 Å². The fourth-order valence-electron chi connectivity index (χ4n) is 1.90. The van der Waals surface area contributed by atoms with Crippen LogP contribution >= 0.6 is 0 Å². The zero-order valence-corrected chi connectivity index (χ0v) is 12.3. The van der Waals surface area contributed by atoms with Crippen molar-refractivity contribution in [3.8, 4) is 0 Å². The fraction of sp³-hybridized carbons (Fsp3) is 0.571. The number of aliphatic hydroxyl groups excluding tert-OH is 4. The van der Waals surface area contributed by atoms with Gasteiger partial charge >= 0.3 is 11.9 Å². The summed E-state index contributed by atoms with van der Waals surface area (Å²) in [4.78, 5) is 23.2. The van der Waals surface area contributed by atoms with Gasteiger partial charge in [-0.2, -0.15) is 0 Å². The second kappa shape index (κ2) is 7.01. The molecule has 1 fully saturated rings. The summed E-state index contributed by atoms with van der Waals surface area (Å²) >= 11 is 0. The van der Waals surface area contributed by atoms with E-state index in [1.807, 2.05) is 0 Å². The molecule has 0 aromatic carbocycles. The molecule has 6 atom stereocenters. The summed E-state index contributed by atoms with van der Waals surface area (Å²) in [5.41, 5.74) is 0.0135. The lowest BCUT2D eigenvalue weighted by atomic mass is 9.84. The molecule has 6 unspecified atom stereocenters. The summed E-state index contributed by atoms with van der Waals surface area (Å²) in [5.74, 6) is -1.81. The van der Waals surface area contributed by atoms with E-state index in [9.17, 15) is 30.0 Å². The van der Waals surface area contributed by atoms with Crippen molar-refractivity contribution in [3.05, 3.63) is 24.3 Å². The van der Waals surface area contributed by atoms with E-state index in [1.165, 1.54) is 13.8 Å². The molecule has 0 aromatic rings. The summed E-state index contributed by atoms with van der Waals surface area (Å²) < 4.78 is 9.84. The maximum Gasteiger partial charge on any atom is 0.333 e. The molecule has 0 aromatic heterocycles. The van der Waals surface area contributed by atoms with E-state index in [2.05, 4.69) is 13.2 Å². The number of esters is 2. The van der Waals surface area contributed by atoms with Gasteiger partial charge in [0, 0.05) is 11.1 Å². The third kappa shape index (κ3) is 3.72. The molecule has 0 radical (unpaired) electrons. The number of hydrogen-bond acceptors (Lipinski definition) is 8. The molecular weight excluding hydrogens is 296 g/mol. The van der Waals surface area contributed by atoms with Gasteiger partial charge in [0.15, 0.2) is 12.2 Å². The average molecular weight is 316 g/mol. The maximum absolute atomic E-state index is 11.6. The lowest BCUT2D eigenvalue weighted by molar-refractivity contribution is -0.239. The molecule has 0 spiro atoms. The third-order valence-electron chi connectivity index (χ3n) is 3.23. The molecule has 0 heterocycles. The van der Waals surface area contributed by atoms with Crippen LogP contribution in [0.4, 0.5) is 0 Å². The van der Waals surface area contributed by atoms with Gasteiger partial charge in [0.1, 0.15) is 24.4 Å². The van der Waals surface area contributed by atoms with Gasteiger partial charge in [-0.1, -0.05) is 13.2 Å². The topological polar surface area (TPSA) is 134 Å². The van der Waals surface area contributed by atoms with Crippen molar-refractivity contribution < 1.29 is 39.5 Å². The number of carbonyl (C=O) groups excluding carboxylic acids is 2. The summed E-state index contributed by atoms with van der Waals surface area (Å²) in [6.07, 6.45) is -10.2. The molecule has 8 heteroatoms. The van der Waals surface area contributed by atoms with Crippen molar-refractivity contribution in [2.75, 3.05) is 0 Å². The summed E-state index contributed by atoms with van der Waals surface area (Å²) in [6.45, 7) is 9.43. The van der Waals surface area contributed by atoms with Crippen LogP contribution in [0.5, 0.6) is 0 Å². The quantitative estimate of drug-likeness (QED) is 0.361. The van der Waals surface area contributed by atoms with Gasteiger partial charge in [0.05, 0.1) is 0 Å². The van der Waals surface area contributed by atoms with Crippen molar-refractivity contribution in [1.82, 2.24) is 0 Å². The Bertz CT molecular complexity index is 441. The largest absolute Gasteiger partial charge is 0.452 e. The van der Waals surface area contributed by atoms with E-state index < -0.39 is 48.6 Å². The van der Waals surface area contributed by atoms with Gasteiger partial charge in [-0.3, -0.25) is 0 Å². The smallest absolute Gasteiger partial charge is 0.333 e. The number of hydrogen-bond donors (Lipinski definition) is 4. The minimum Gasteiger partial charge on any atom is -0.452 e. The highest BCUT2D eigenvalue weighted by atomic mass is 16.6. The molecular formula is C14H20O8. The minimum absolute atomic E-state index is 0.00674. The van der Waals surface area contributed by atoms with Gasteiger partial charge < -0.3 is 29.9 Å². The minimum atomic E-state index is -1.78. The average Bonchev–Trinajstić information content (AvgIpc) is 2.45. The number of carbonyl (C=O) groups is 2. The Kier molecular flexibility index (Phi) is 5.84. The molecule has 1 aliphatic carbocycles. The number of aliphatic hydroxyl groups is 4. The van der Waals surface area contributed by atoms with Crippen molar-refractivity contribution in [1.29, 1.82) is 0 Å². The number of ether oxygens (including phenoxy) is 2. The van der Waals surface area contributed by atoms with E-state index in [4.69, 9.17) is 9.47 Å². The fourth-order valence-corrected chi connectivity index (χ4v) is 1.90. The Balaban J connectivity index is 3.06. The molecule has 4 N–H and O–H groups in total. The van der Waals surface area contributed by atoms with Crippen LogP contribution in [0.2, 0.25) is 0 Å². The maximum atomic E-state index is 11.6. The van der Waals surface area contributed by atoms with E-state index in [1.54, 1.807) is 0 Å². The first kappa shape index (κ1) is 18.3. The Morgan fingerprint density at radius 1 is 0.727 bits per heavy atom. The van der Waals surface area contributed by atoms with Crippen molar-refractivity contribution in [3.63, 3.8) is 0 Å². The first-order chi connectivity index (χ1) is 10.1. The van der Waals surface area contributed by atoms with Crippen molar-refractivity contribution in [2.45, 2.75) is 50.5 Å². The highest BCUT2D eigenvalue weighted by Gasteiger charge is 2.52. The third-order valence-corrected chi connectivity index (χ3v) is 3.23. The molecule has 1 saturated carbocycles. The Hall–Kier alpha value is -1.74. The van der Waals surface area contributed by atoms with Crippen LogP contribution < -0.4 is 0 Å². The SMILES string of the molecule is C=C(C)C(=O)OC1C(O)C(O)C(O)C(O)C1OC(=O)C(=C)C. The van der Waals surface area contributed by atoms with Gasteiger partial charge in [-0.15, -0.1) is 0 Å². The summed E-state index contributed by atoms with van der Waals surface area (Å²) in [6, 6.07) is 0. The van der Waals surface area contributed by atoms with E-state index in [0.29, 0.717) is 0 Å². The van der Waals surface area contributed by atoms with Gasteiger partial charge in [0.2, 0.25) is 0 Å². The van der Waals surface area contributed by atoms with Crippen LogP contribution in [-0.2, 0) is 19.1 Å². The van der Waals surface area contributed by atoms with Crippen molar-refractivity contribution >= 4 is 11.9 Å². The van der Waals surface area contributed by atoms with Crippen LogP contribution in [0.1, 0.15) is 13.8 Å². The van der Waals surface area contributed by atoms with Crippen LogP contribution in [-0.4, -0.2) is 69.0 Å². The predicted molar refractivity (Wildman–Crippen MR) is 73.4 cm³/mol. The lowest BCUT2D eigenvalue weighted by Crippen LogP contribution is -2.65. The molecule has 0 bridgehead atoms. The van der Waals surface area contributed by atoms with Gasteiger partial charge in [-0.25, -0.2) is 9.59 Å². The normalized spacial score (nSPS) is 34.6. The lowest BCUT2D eigenvalue weighted by Gasteiger charge is -2.42. The Morgan fingerprint density at radius 3 is 1.23 bits per heavy atom. The molecule has 8 nitrogen and oxygen atoms in total. The van der Waals surface area contributed by atoms with Crippen LogP contribution in [0.15, 0.2) is 24.3 Å². The number of rotatable bonds is 4. The highest BCUT2D eigenvalue weighted by molar-refractivity contribution is 5.88. The molecule has 0 saturated heterocycles. The van der Waals surface area contributed by atoms with E-state index in [0.717, 1.165) is 0 Å². The monoisotopic (exact) mass is 316 g/mol. The second-order valence-corrected chi connectivity index (χ2v) is 5.26. The summed E-state index contributed by atoms with van der Waals surface area (Å²) in [7, 11) is 0. The van der Waals surface area contributed by atoms with Gasteiger partial charge in [-0.05, 0) is 13.8 Å². The summed E-state index contributed by atoms with van der Waals surface area (Å²) in [5, 5.41) is 39.2. The molecule has 0 aliphatic heterocycles. The standard InChI is InChI=1S/C14H20O8/c1-5(2)13(19)21-11-9(17)7(15)8(16)10(18)12(11)22-14(20)6(3)4/h7-12,15-18H,1,3H2,2,4H3. The van der Waals surface area contributed by atoms with Gasteiger partial charge in [0.25, 0.3) is 0 Å². The van der Waals surface area contributed by atoms with Crippen molar-refractivity contribution in [2.24, 2.45) is 0 Å². The molecule has 1 aliphatic rings. The molecule has 124 valence electrons. The molecule has 22 heavy (non-hydrogen) atoms. The first-order valence-electron chi connectivity index (χ1n) is 6.53. The van der Waals surface area contributed by atoms with Crippen LogP contribution in [0.3, 0.4) is 0 Å².